The average molecular weight is 399 g/mol. The minimum absolute atomic E-state index is 0.157. The molecule has 1 N–H and O–H groups in total. The first-order valence-corrected chi connectivity index (χ1v) is 11.1. The third-order valence-corrected chi connectivity index (χ3v) is 6.27. The van der Waals surface area contributed by atoms with E-state index in [-0.39, 0.29) is 10.9 Å². The summed E-state index contributed by atoms with van der Waals surface area (Å²) in [5.74, 6) is 1.57. The summed E-state index contributed by atoms with van der Waals surface area (Å²) in [6.45, 7) is 8.87. The van der Waals surface area contributed by atoms with Gasteiger partial charge in [0.1, 0.15) is 0 Å². The Labute approximate surface area is 162 Å². The molecule has 0 radical (unpaired) electrons. The number of benzene rings is 1. The summed E-state index contributed by atoms with van der Waals surface area (Å²) in [6, 6.07) is 4.95. The number of ether oxygens (including phenoxy) is 3. The Morgan fingerprint density at radius 3 is 2.48 bits per heavy atom. The molecule has 152 valence electrons. The number of nitrogens with one attached hydrogen (secondary N) is 1. The second-order valence-electron chi connectivity index (χ2n) is 7.44. The Morgan fingerprint density at radius 2 is 1.78 bits per heavy atom. The summed E-state index contributed by atoms with van der Waals surface area (Å²) < 4.78 is 45.1. The van der Waals surface area contributed by atoms with Crippen molar-refractivity contribution in [1.82, 2.24) is 9.62 Å². The van der Waals surface area contributed by atoms with Crippen molar-refractivity contribution in [1.29, 1.82) is 0 Å². The van der Waals surface area contributed by atoms with Crippen molar-refractivity contribution in [2.24, 2.45) is 5.92 Å². The highest BCUT2D eigenvalue weighted by atomic mass is 32.2. The molecular formula is C19H30N2O5S. The van der Waals surface area contributed by atoms with Crippen molar-refractivity contribution in [2.45, 2.75) is 37.6 Å². The van der Waals surface area contributed by atoms with E-state index >= 15 is 0 Å². The van der Waals surface area contributed by atoms with Gasteiger partial charge in [0, 0.05) is 38.2 Å². The van der Waals surface area contributed by atoms with Gasteiger partial charge in [0.25, 0.3) is 0 Å². The van der Waals surface area contributed by atoms with E-state index in [2.05, 4.69) is 23.5 Å². The number of fused-ring (bicyclic) bond motifs is 1. The first kappa shape index (κ1) is 20.4. The zero-order valence-corrected chi connectivity index (χ0v) is 17.0. The molecule has 0 spiro atoms. The fourth-order valence-electron chi connectivity index (χ4n) is 3.45. The Morgan fingerprint density at radius 1 is 1.07 bits per heavy atom. The smallest absolute Gasteiger partial charge is 0.240 e. The van der Waals surface area contributed by atoms with Crippen molar-refractivity contribution < 1.29 is 22.6 Å². The second kappa shape index (κ2) is 9.23. The Balaban J connectivity index is 1.69. The molecule has 3 rings (SSSR count). The molecule has 0 aliphatic carbocycles. The van der Waals surface area contributed by atoms with E-state index in [1.54, 1.807) is 18.2 Å². The minimum atomic E-state index is -3.62. The molecule has 2 heterocycles. The van der Waals surface area contributed by atoms with Crippen LogP contribution in [0.15, 0.2) is 23.1 Å². The standard InChI is InChI=1S/C19H30N2O5S/c1-15(2)12-16(21-6-10-24-11-7-21)14-20-27(22,23)17-4-5-18-19(13-17)26-9-3-8-25-18/h4-5,13,15-16,20H,3,6-12,14H2,1-2H3. The van der Waals surface area contributed by atoms with Gasteiger partial charge in [-0.1, -0.05) is 13.8 Å². The number of morpholine rings is 1. The molecule has 2 aliphatic heterocycles. The minimum Gasteiger partial charge on any atom is -0.490 e. The fraction of sp³-hybridized carbons (Fsp3) is 0.684. The molecule has 1 unspecified atom stereocenters. The molecule has 1 saturated heterocycles. The van der Waals surface area contributed by atoms with Gasteiger partial charge in [-0.2, -0.15) is 0 Å². The van der Waals surface area contributed by atoms with Crippen molar-refractivity contribution >= 4 is 10.0 Å². The number of hydrogen-bond donors (Lipinski definition) is 1. The molecule has 1 aromatic rings. The lowest BCUT2D eigenvalue weighted by molar-refractivity contribution is 0.0134. The third-order valence-electron chi connectivity index (χ3n) is 4.84. The van der Waals surface area contributed by atoms with Crippen LogP contribution in [-0.2, 0) is 14.8 Å². The van der Waals surface area contributed by atoms with Gasteiger partial charge in [0.2, 0.25) is 10.0 Å². The van der Waals surface area contributed by atoms with Gasteiger partial charge in [-0.15, -0.1) is 0 Å². The number of nitrogens with zero attached hydrogens (tertiary/aromatic N) is 1. The van der Waals surface area contributed by atoms with E-state index in [0.717, 1.165) is 25.9 Å². The van der Waals surface area contributed by atoms with Crippen LogP contribution in [0.2, 0.25) is 0 Å². The van der Waals surface area contributed by atoms with E-state index in [4.69, 9.17) is 14.2 Å². The lowest BCUT2D eigenvalue weighted by atomic mass is 10.0. The van der Waals surface area contributed by atoms with E-state index in [1.807, 2.05) is 0 Å². The fourth-order valence-corrected chi connectivity index (χ4v) is 4.54. The molecule has 1 fully saturated rings. The normalized spacial score (nSPS) is 19.7. The first-order valence-electron chi connectivity index (χ1n) is 9.67. The molecule has 2 aliphatic rings. The monoisotopic (exact) mass is 398 g/mol. The van der Waals surface area contributed by atoms with E-state index < -0.39 is 10.0 Å². The maximum absolute atomic E-state index is 12.8. The van der Waals surface area contributed by atoms with E-state index in [0.29, 0.717) is 50.4 Å². The molecule has 0 amide bonds. The zero-order chi connectivity index (χ0) is 19.3. The molecule has 8 heteroatoms. The maximum Gasteiger partial charge on any atom is 0.240 e. The molecule has 27 heavy (non-hydrogen) atoms. The molecule has 1 atom stereocenters. The third kappa shape index (κ3) is 5.57. The van der Waals surface area contributed by atoms with Crippen LogP contribution in [0, 0.1) is 5.92 Å². The number of rotatable bonds is 7. The quantitative estimate of drug-likeness (QED) is 0.756. The molecule has 7 nitrogen and oxygen atoms in total. The van der Waals surface area contributed by atoms with Gasteiger partial charge >= 0.3 is 0 Å². The van der Waals surface area contributed by atoms with Crippen molar-refractivity contribution in [2.75, 3.05) is 46.1 Å². The SMILES string of the molecule is CC(C)CC(CNS(=O)(=O)c1ccc2c(c1)OCCCO2)N1CCOCC1. The van der Waals surface area contributed by atoms with Crippen LogP contribution in [-0.4, -0.2) is 65.4 Å². The van der Waals surface area contributed by atoms with Gasteiger partial charge in [-0.3, -0.25) is 4.90 Å². The number of hydrogen-bond acceptors (Lipinski definition) is 6. The Bertz CT molecular complexity index is 717. The first-order chi connectivity index (χ1) is 13.0. The highest BCUT2D eigenvalue weighted by Gasteiger charge is 2.25. The van der Waals surface area contributed by atoms with Crippen LogP contribution >= 0.6 is 0 Å². The van der Waals surface area contributed by atoms with Gasteiger partial charge in [-0.25, -0.2) is 13.1 Å². The van der Waals surface area contributed by atoms with E-state index in [9.17, 15) is 8.42 Å². The maximum atomic E-state index is 12.8. The highest BCUT2D eigenvalue weighted by Crippen LogP contribution is 2.31. The molecule has 0 bridgehead atoms. The van der Waals surface area contributed by atoms with Gasteiger partial charge in [0.05, 0.1) is 31.3 Å². The van der Waals surface area contributed by atoms with Crippen LogP contribution in [0.25, 0.3) is 0 Å². The van der Waals surface area contributed by atoms with Crippen LogP contribution in [0.5, 0.6) is 11.5 Å². The predicted octanol–water partition coefficient (Wildman–Crippen LogP) is 1.87. The van der Waals surface area contributed by atoms with Gasteiger partial charge in [0.15, 0.2) is 11.5 Å². The van der Waals surface area contributed by atoms with Crippen molar-refractivity contribution in [3.63, 3.8) is 0 Å². The Hall–Kier alpha value is -1.35. The largest absolute Gasteiger partial charge is 0.490 e. The molecule has 0 saturated carbocycles. The summed E-state index contributed by atoms with van der Waals surface area (Å²) in [7, 11) is -3.62. The predicted molar refractivity (Wildman–Crippen MR) is 103 cm³/mol. The van der Waals surface area contributed by atoms with Crippen LogP contribution in [0.3, 0.4) is 0 Å². The molecule has 1 aromatic carbocycles. The summed E-state index contributed by atoms with van der Waals surface area (Å²) >= 11 is 0. The summed E-state index contributed by atoms with van der Waals surface area (Å²) in [4.78, 5) is 2.53. The summed E-state index contributed by atoms with van der Waals surface area (Å²) in [5.41, 5.74) is 0. The molecule has 0 aromatic heterocycles. The molecular weight excluding hydrogens is 368 g/mol. The van der Waals surface area contributed by atoms with Gasteiger partial charge in [-0.05, 0) is 24.5 Å². The van der Waals surface area contributed by atoms with Gasteiger partial charge < -0.3 is 14.2 Å². The van der Waals surface area contributed by atoms with Crippen molar-refractivity contribution in [3.8, 4) is 11.5 Å². The van der Waals surface area contributed by atoms with Crippen LogP contribution in [0.1, 0.15) is 26.7 Å². The summed E-state index contributed by atoms with van der Waals surface area (Å²) in [6.07, 6.45) is 1.72. The lowest BCUT2D eigenvalue weighted by Gasteiger charge is -2.35. The second-order valence-corrected chi connectivity index (χ2v) is 9.21. The average Bonchev–Trinajstić information content (AvgIpc) is 2.90. The van der Waals surface area contributed by atoms with Crippen LogP contribution < -0.4 is 14.2 Å². The van der Waals surface area contributed by atoms with Crippen molar-refractivity contribution in [3.05, 3.63) is 18.2 Å². The topological polar surface area (TPSA) is 77.1 Å². The summed E-state index contributed by atoms with van der Waals surface area (Å²) in [5, 5.41) is 0. The van der Waals surface area contributed by atoms with E-state index in [1.165, 1.54) is 0 Å². The highest BCUT2D eigenvalue weighted by molar-refractivity contribution is 7.89. The number of sulfonamides is 1. The Kier molecular flexibility index (Phi) is 6.97. The lowest BCUT2D eigenvalue weighted by Crippen LogP contribution is -2.49. The van der Waals surface area contributed by atoms with Crippen LogP contribution in [0.4, 0.5) is 0 Å². The zero-order valence-electron chi connectivity index (χ0n) is 16.1.